The molecule has 0 aromatic rings. The van der Waals surface area contributed by atoms with Crippen LogP contribution in [0, 0.1) is 0 Å². The van der Waals surface area contributed by atoms with Gasteiger partial charge in [0.1, 0.15) is 0 Å². The minimum Gasteiger partial charge on any atom is -0.344 e. The van der Waals surface area contributed by atoms with E-state index in [1.165, 1.54) is 0 Å². The quantitative estimate of drug-likeness (QED) is 0.616. The van der Waals surface area contributed by atoms with E-state index in [0.29, 0.717) is 6.54 Å². The molecule has 0 aromatic carbocycles. The highest BCUT2D eigenvalue weighted by Gasteiger charge is 2.17. The zero-order valence-corrected chi connectivity index (χ0v) is 13.8. The van der Waals surface area contributed by atoms with Crippen LogP contribution in [-0.2, 0) is 20.0 Å². The molecule has 2 heterocycles. The van der Waals surface area contributed by atoms with Crippen LogP contribution < -0.4 is 9.44 Å². The molecule has 122 valence electrons. The van der Waals surface area contributed by atoms with Crippen LogP contribution in [-0.4, -0.2) is 53.4 Å². The summed E-state index contributed by atoms with van der Waals surface area (Å²) in [7, 11) is -6.80. The number of hydrogen-bond donors (Lipinski definition) is 2. The molecule has 2 aliphatic heterocycles. The lowest BCUT2D eigenvalue weighted by atomic mass is 10.1. The molecule has 2 N–H and O–H groups in total. The Morgan fingerprint density at radius 3 is 2.59 bits per heavy atom. The van der Waals surface area contributed by atoms with Gasteiger partial charge in [-0.2, -0.15) is 0 Å². The van der Waals surface area contributed by atoms with Gasteiger partial charge >= 0.3 is 0 Å². The Morgan fingerprint density at radius 2 is 1.86 bits per heavy atom. The Kier molecular flexibility index (Phi) is 5.22. The fourth-order valence-electron chi connectivity index (χ4n) is 2.07. The number of nitrogens with one attached hydrogen (secondary N) is 2. The first-order valence-corrected chi connectivity index (χ1v) is 10.2. The van der Waals surface area contributed by atoms with Crippen molar-refractivity contribution >= 4 is 20.0 Å². The maximum atomic E-state index is 12.0. The lowest BCUT2D eigenvalue weighted by Crippen LogP contribution is -2.35. The summed E-state index contributed by atoms with van der Waals surface area (Å²) >= 11 is 0. The van der Waals surface area contributed by atoms with Gasteiger partial charge < -0.3 is 4.90 Å². The number of fused-ring (bicyclic) bond motifs is 1. The van der Waals surface area contributed by atoms with Crippen LogP contribution in [0.2, 0.25) is 0 Å². The first-order valence-electron chi connectivity index (χ1n) is 6.69. The monoisotopic (exact) mass is 345 g/mol. The summed E-state index contributed by atoms with van der Waals surface area (Å²) in [4.78, 5) is 2.01. The molecule has 7 nitrogen and oxygen atoms in total. The van der Waals surface area contributed by atoms with Gasteiger partial charge in [-0.05, 0) is 23.8 Å². The largest absolute Gasteiger partial charge is 0.344 e. The van der Waals surface area contributed by atoms with E-state index in [1.54, 1.807) is 0 Å². The molecular weight excluding hydrogens is 326 g/mol. The maximum Gasteiger partial charge on any atom is 0.215 e. The molecule has 0 bridgehead atoms. The highest BCUT2D eigenvalue weighted by atomic mass is 32.2. The summed E-state index contributed by atoms with van der Waals surface area (Å²) in [5.41, 5.74) is 1.67. The molecule has 0 aromatic heterocycles. The highest BCUT2D eigenvalue weighted by molar-refractivity contribution is 7.89. The van der Waals surface area contributed by atoms with Gasteiger partial charge in [-0.15, -0.1) is 0 Å². The second-order valence-corrected chi connectivity index (χ2v) is 8.66. The van der Waals surface area contributed by atoms with E-state index >= 15 is 0 Å². The number of nitrogens with zero attached hydrogens (tertiary/aromatic N) is 1. The minimum atomic E-state index is -3.50. The number of rotatable bonds is 7. The molecule has 0 radical (unpaired) electrons. The first-order chi connectivity index (χ1) is 10.3. The fraction of sp³-hybridized carbons (Fsp3) is 0.385. The van der Waals surface area contributed by atoms with Crippen molar-refractivity contribution in [3.8, 4) is 0 Å². The second-order valence-electron chi connectivity index (χ2n) is 5.02. The second kappa shape index (κ2) is 6.78. The van der Waals surface area contributed by atoms with Gasteiger partial charge in [-0.3, -0.25) is 0 Å². The molecule has 2 aliphatic rings. The molecule has 2 rings (SSSR count). The topological polar surface area (TPSA) is 95.6 Å². The molecule has 0 amide bonds. The summed E-state index contributed by atoms with van der Waals surface area (Å²) in [6.07, 6.45) is 12.4. The van der Waals surface area contributed by atoms with E-state index < -0.39 is 20.0 Å². The lowest BCUT2D eigenvalue weighted by Gasteiger charge is -2.26. The third-order valence-corrected chi connectivity index (χ3v) is 5.11. The molecule has 22 heavy (non-hydrogen) atoms. The number of hydrogen-bond acceptors (Lipinski definition) is 5. The van der Waals surface area contributed by atoms with Gasteiger partial charge in [-0.1, -0.05) is 12.2 Å². The van der Waals surface area contributed by atoms with Crippen LogP contribution >= 0.6 is 0 Å². The van der Waals surface area contributed by atoms with Crippen molar-refractivity contribution in [3.63, 3.8) is 0 Å². The standard InChI is InChI=1S/C13H19N3O4S2/c1-21(17,18)14-6-7-15-22(19,20)11-12-5-9-16-8-3-2-4-13(16)10-12/h2-5,8,10,14-15H,6-7,9,11H2,1H3. The predicted molar refractivity (Wildman–Crippen MR) is 85.8 cm³/mol. The van der Waals surface area contributed by atoms with Crippen molar-refractivity contribution in [2.45, 2.75) is 0 Å². The average molecular weight is 345 g/mol. The normalized spacial score (nSPS) is 18.0. The van der Waals surface area contributed by atoms with E-state index in [4.69, 9.17) is 0 Å². The third kappa shape index (κ3) is 5.41. The molecular formula is C13H19N3O4S2. The van der Waals surface area contributed by atoms with Crippen molar-refractivity contribution in [1.29, 1.82) is 0 Å². The van der Waals surface area contributed by atoms with Crippen molar-refractivity contribution in [2.24, 2.45) is 0 Å². The van der Waals surface area contributed by atoms with Gasteiger partial charge in [-0.25, -0.2) is 26.3 Å². The fourth-order valence-corrected chi connectivity index (χ4v) is 3.69. The predicted octanol–water partition coefficient (Wildman–Crippen LogP) is -0.336. The van der Waals surface area contributed by atoms with Gasteiger partial charge in [0.15, 0.2) is 0 Å². The molecule has 0 unspecified atom stereocenters. The molecule has 0 saturated carbocycles. The zero-order chi connectivity index (χ0) is 16.2. The van der Waals surface area contributed by atoms with E-state index in [1.807, 2.05) is 41.5 Å². The van der Waals surface area contributed by atoms with Crippen molar-refractivity contribution in [1.82, 2.24) is 14.3 Å². The summed E-state index contributed by atoms with van der Waals surface area (Å²) in [5, 5.41) is 0. The van der Waals surface area contributed by atoms with E-state index in [-0.39, 0.29) is 18.8 Å². The Labute approximate surface area is 131 Å². The number of sulfonamides is 2. The Hall–Kier alpha value is -1.42. The molecule has 0 fully saturated rings. The van der Waals surface area contributed by atoms with Crippen LogP contribution in [0.4, 0.5) is 0 Å². The van der Waals surface area contributed by atoms with Gasteiger partial charge in [0.2, 0.25) is 20.0 Å². The summed E-state index contributed by atoms with van der Waals surface area (Å²) < 4.78 is 50.3. The summed E-state index contributed by atoms with van der Waals surface area (Å²) in [6.45, 7) is 0.681. The van der Waals surface area contributed by atoms with Crippen LogP contribution in [0.3, 0.4) is 0 Å². The average Bonchev–Trinajstić information content (AvgIpc) is 2.42. The maximum absolute atomic E-state index is 12.0. The third-order valence-electron chi connectivity index (χ3n) is 3.03. The highest BCUT2D eigenvalue weighted by Crippen LogP contribution is 2.20. The van der Waals surface area contributed by atoms with Crippen molar-refractivity contribution in [3.05, 3.63) is 47.9 Å². The molecule has 0 atom stereocenters. The van der Waals surface area contributed by atoms with Crippen LogP contribution in [0.15, 0.2) is 47.9 Å². The Bertz CT molecular complexity index is 746. The molecule has 0 aliphatic carbocycles. The Morgan fingerprint density at radius 1 is 1.14 bits per heavy atom. The van der Waals surface area contributed by atoms with E-state index in [9.17, 15) is 16.8 Å². The van der Waals surface area contributed by atoms with E-state index in [0.717, 1.165) is 17.5 Å². The van der Waals surface area contributed by atoms with E-state index in [2.05, 4.69) is 9.44 Å². The van der Waals surface area contributed by atoms with Crippen LogP contribution in [0.5, 0.6) is 0 Å². The zero-order valence-electron chi connectivity index (χ0n) is 12.2. The smallest absolute Gasteiger partial charge is 0.215 e. The Balaban J connectivity index is 1.87. The van der Waals surface area contributed by atoms with Gasteiger partial charge in [0.25, 0.3) is 0 Å². The van der Waals surface area contributed by atoms with Gasteiger partial charge in [0, 0.05) is 31.5 Å². The molecule has 0 saturated heterocycles. The lowest BCUT2D eigenvalue weighted by molar-refractivity contribution is 0.520. The van der Waals surface area contributed by atoms with Crippen molar-refractivity contribution in [2.75, 3.05) is 31.6 Å². The van der Waals surface area contributed by atoms with Gasteiger partial charge in [0.05, 0.1) is 12.0 Å². The summed E-state index contributed by atoms with van der Waals surface area (Å²) in [5.74, 6) is -0.124. The molecule has 9 heteroatoms. The first kappa shape index (κ1) is 16.9. The van der Waals surface area contributed by atoms with Crippen LogP contribution in [0.25, 0.3) is 0 Å². The SMILES string of the molecule is CS(=O)(=O)NCCNS(=O)(=O)CC1=CCN2C=CC=CC2=C1. The number of allylic oxidation sites excluding steroid dienone is 4. The minimum absolute atomic E-state index is 0.0218. The van der Waals surface area contributed by atoms with Crippen LogP contribution in [0.1, 0.15) is 0 Å². The van der Waals surface area contributed by atoms with Crippen molar-refractivity contribution < 1.29 is 16.8 Å². The molecule has 0 spiro atoms. The summed E-state index contributed by atoms with van der Waals surface area (Å²) in [6, 6.07) is 0.